The average Bonchev–Trinajstić information content (AvgIpc) is 2.30. The molecule has 0 saturated carbocycles. The highest BCUT2D eigenvalue weighted by Gasteiger charge is 2.15. The van der Waals surface area contributed by atoms with Crippen molar-refractivity contribution < 1.29 is 4.79 Å². The van der Waals surface area contributed by atoms with E-state index in [0.717, 1.165) is 12.0 Å². The third kappa shape index (κ3) is 2.05. The number of carbonyl (C=O) groups is 1. The quantitative estimate of drug-likeness (QED) is 0.750. The molecule has 1 aromatic heterocycles. The second-order valence-corrected chi connectivity index (χ2v) is 3.40. The predicted molar refractivity (Wildman–Crippen MR) is 56.8 cm³/mol. The van der Waals surface area contributed by atoms with Crippen LogP contribution in [0.15, 0.2) is 30.6 Å². The standard InChI is InChI=1S/C11H13N3O/c1-2-8-7-12-6-5-9(8)10-3-4-11(15)14-13-10/h3-7,10,13H,2H2,1H3,(H,14,15). The lowest BCUT2D eigenvalue weighted by atomic mass is 10.0. The Bertz CT molecular complexity index is 401. The summed E-state index contributed by atoms with van der Waals surface area (Å²) in [6.45, 7) is 2.09. The highest BCUT2D eigenvalue weighted by molar-refractivity contribution is 5.88. The van der Waals surface area contributed by atoms with Crippen LogP contribution in [0.5, 0.6) is 0 Å². The monoisotopic (exact) mass is 203 g/mol. The number of aromatic nitrogens is 1. The van der Waals surface area contributed by atoms with Gasteiger partial charge < -0.3 is 0 Å². The number of rotatable bonds is 2. The van der Waals surface area contributed by atoms with E-state index in [1.165, 1.54) is 5.56 Å². The van der Waals surface area contributed by atoms with Gasteiger partial charge in [-0.25, -0.2) is 5.43 Å². The molecule has 15 heavy (non-hydrogen) atoms. The highest BCUT2D eigenvalue weighted by Crippen LogP contribution is 2.19. The van der Waals surface area contributed by atoms with Crippen molar-refractivity contribution in [1.29, 1.82) is 0 Å². The molecule has 4 heteroatoms. The molecule has 0 spiro atoms. The summed E-state index contributed by atoms with van der Waals surface area (Å²) < 4.78 is 0. The number of hydrazine groups is 1. The van der Waals surface area contributed by atoms with Gasteiger partial charge >= 0.3 is 0 Å². The van der Waals surface area contributed by atoms with E-state index in [0.29, 0.717) is 0 Å². The van der Waals surface area contributed by atoms with Crippen molar-refractivity contribution in [2.75, 3.05) is 0 Å². The SMILES string of the molecule is CCc1cnccc1C1C=CC(=O)NN1. The first-order chi connectivity index (χ1) is 7.31. The molecule has 4 nitrogen and oxygen atoms in total. The summed E-state index contributed by atoms with van der Waals surface area (Å²) in [5.41, 5.74) is 7.88. The van der Waals surface area contributed by atoms with Gasteiger partial charge in [0.2, 0.25) is 0 Å². The minimum atomic E-state index is -0.113. The molecule has 1 aromatic rings. The van der Waals surface area contributed by atoms with E-state index in [-0.39, 0.29) is 11.9 Å². The molecule has 0 aliphatic carbocycles. The van der Waals surface area contributed by atoms with Gasteiger partial charge in [0.15, 0.2) is 0 Å². The minimum Gasteiger partial charge on any atom is -0.287 e. The second kappa shape index (κ2) is 4.23. The fourth-order valence-corrected chi connectivity index (χ4v) is 1.64. The normalized spacial score (nSPS) is 20.1. The first-order valence-electron chi connectivity index (χ1n) is 4.97. The lowest BCUT2D eigenvalue weighted by Crippen LogP contribution is -2.41. The summed E-state index contributed by atoms with van der Waals surface area (Å²) in [6.07, 6.45) is 7.96. The summed E-state index contributed by atoms with van der Waals surface area (Å²) in [5.74, 6) is -0.113. The molecule has 1 atom stereocenters. The van der Waals surface area contributed by atoms with E-state index < -0.39 is 0 Å². The van der Waals surface area contributed by atoms with Gasteiger partial charge in [-0.1, -0.05) is 13.0 Å². The van der Waals surface area contributed by atoms with Crippen molar-refractivity contribution in [2.24, 2.45) is 0 Å². The molecular formula is C11H13N3O. The Hall–Kier alpha value is -1.68. The highest BCUT2D eigenvalue weighted by atomic mass is 16.2. The van der Waals surface area contributed by atoms with Gasteiger partial charge in [-0.15, -0.1) is 0 Å². The molecule has 2 N–H and O–H groups in total. The number of amides is 1. The zero-order chi connectivity index (χ0) is 10.7. The van der Waals surface area contributed by atoms with Gasteiger partial charge in [-0.3, -0.25) is 15.2 Å². The van der Waals surface area contributed by atoms with Gasteiger partial charge in [-0.05, 0) is 23.6 Å². The van der Waals surface area contributed by atoms with Gasteiger partial charge in [-0.2, -0.15) is 0 Å². The molecule has 0 fully saturated rings. The van der Waals surface area contributed by atoms with Crippen LogP contribution in [-0.2, 0) is 11.2 Å². The van der Waals surface area contributed by atoms with E-state index in [9.17, 15) is 4.79 Å². The maximum Gasteiger partial charge on any atom is 0.257 e. The fourth-order valence-electron chi connectivity index (χ4n) is 1.64. The molecular weight excluding hydrogens is 190 g/mol. The Morgan fingerprint density at radius 2 is 2.40 bits per heavy atom. The topological polar surface area (TPSA) is 54.0 Å². The van der Waals surface area contributed by atoms with Crippen LogP contribution in [-0.4, -0.2) is 10.9 Å². The predicted octanol–water partition coefficient (Wildman–Crippen LogP) is 0.876. The third-order valence-corrected chi connectivity index (χ3v) is 2.45. The molecule has 1 aliphatic heterocycles. The lowest BCUT2D eigenvalue weighted by Gasteiger charge is -2.21. The summed E-state index contributed by atoms with van der Waals surface area (Å²) in [4.78, 5) is 15.0. The van der Waals surface area contributed by atoms with E-state index >= 15 is 0 Å². The maximum absolute atomic E-state index is 10.9. The maximum atomic E-state index is 10.9. The number of pyridine rings is 1. The zero-order valence-electron chi connectivity index (χ0n) is 8.53. The van der Waals surface area contributed by atoms with E-state index in [1.807, 2.05) is 18.3 Å². The molecule has 2 rings (SSSR count). The first-order valence-corrected chi connectivity index (χ1v) is 4.97. The van der Waals surface area contributed by atoms with E-state index in [4.69, 9.17) is 0 Å². The molecule has 1 unspecified atom stereocenters. The summed E-state index contributed by atoms with van der Waals surface area (Å²) in [7, 11) is 0. The molecule has 0 aromatic carbocycles. The molecule has 1 amide bonds. The van der Waals surface area contributed by atoms with Crippen molar-refractivity contribution >= 4 is 5.91 Å². The number of carbonyl (C=O) groups excluding carboxylic acids is 1. The van der Waals surface area contributed by atoms with Crippen LogP contribution in [0.2, 0.25) is 0 Å². The molecule has 2 heterocycles. The smallest absolute Gasteiger partial charge is 0.257 e. The Kier molecular flexibility index (Phi) is 2.78. The Balaban J connectivity index is 2.29. The summed E-state index contributed by atoms with van der Waals surface area (Å²) in [5, 5.41) is 0. The molecule has 1 aliphatic rings. The van der Waals surface area contributed by atoms with Crippen LogP contribution in [0.4, 0.5) is 0 Å². The van der Waals surface area contributed by atoms with E-state index in [1.54, 1.807) is 12.3 Å². The Morgan fingerprint density at radius 1 is 1.53 bits per heavy atom. The number of nitrogens with zero attached hydrogens (tertiary/aromatic N) is 1. The molecule has 0 bridgehead atoms. The van der Waals surface area contributed by atoms with Crippen LogP contribution < -0.4 is 10.9 Å². The van der Waals surface area contributed by atoms with Crippen molar-refractivity contribution in [3.8, 4) is 0 Å². The van der Waals surface area contributed by atoms with E-state index in [2.05, 4.69) is 22.8 Å². The number of hydrogen-bond acceptors (Lipinski definition) is 3. The second-order valence-electron chi connectivity index (χ2n) is 3.40. The fraction of sp³-hybridized carbons (Fsp3) is 0.273. The number of nitrogens with one attached hydrogen (secondary N) is 2. The number of hydrogen-bond donors (Lipinski definition) is 2. The van der Waals surface area contributed by atoms with Gasteiger partial charge in [0, 0.05) is 18.5 Å². The third-order valence-electron chi connectivity index (χ3n) is 2.45. The zero-order valence-corrected chi connectivity index (χ0v) is 8.53. The lowest BCUT2D eigenvalue weighted by molar-refractivity contribution is -0.118. The first kappa shape index (κ1) is 9.86. The summed E-state index contributed by atoms with van der Waals surface area (Å²) in [6, 6.07) is 2.01. The Morgan fingerprint density at radius 3 is 3.07 bits per heavy atom. The average molecular weight is 203 g/mol. The minimum absolute atomic E-state index is 0.0423. The Labute approximate surface area is 88.4 Å². The molecule has 78 valence electrons. The van der Waals surface area contributed by atoms with Gasteiger partial charge in [0.1, 0.15) is 0 Å². The van der Waals surface area contributed by atoms with Crippen LogP contribution in [0, 0.1) is 0 Å². The summed E-state index contributed by atoms with van der Waals surface area (Å²) >= 11 is 0. The van der Waals surface area contributed by atoms with Gasteiger partial charge in [0.25, 0.3) is 5.91 Å². The van der Waals surface area contributed by atoms with Crippen LogP contribution in [0.3, 0.4) is 0 Å². The van der Waals surface area contributed by atoms with Crippen LogP contribution >= 0.6 is 0 Å². The van der Waals surface area contributed by atoms with Crippen molar-refractivity contribution in [3.05, 3.63) is 41.7 Å². The van der Waals surface area contributed by atoms with Crippen molar-refractivity contribution in [2.45, 2.75) is 19.4 Å². The molecule has 0 saturated heterocycles. The van der Waals surface area contributed by atoms with Crippen LogP contribution in [0.1, 0.15) is 24.1 Å². The van der Waals surface area contributed by atoms with Crippen LogP contribution in [0.25, 0.3) is 0 Å². The van der Waals surface area contributed by atoms with Gasteiger partial charge in [0.05, 0.1) is 6.04 Å². The van der Waals surface area contributed by atoms with Crippen molar-refractivity contribution in [1.82, 2.24) is 15.8 Å². The largest absolute Gasteiger partial charge is 0.287 e. The van der Waals surface area contributed by atoms with Crippen molar-refractivity contribution in [3.63, 3.8) is 0 Å². The number of aryl methyl sites for hydroxylation is 1. The molecule has 0 radical (unpaired) electrons.